The summed E-state index contributed by atoms with van der Waals surface area (Å²) in [4.78, 5) is 24.2. The van der Waals surface area contributed by atoms with Crippen LogP contribution in [-0.4, -0.2) is 17.7 Å². The topological polar surface area (TPSA) is 46.2 Å². The van der Waals surface area contributed by atoms with Crippen LogP contribution in [0.15, 0.2) is 18.2 Å². The molecule has 3 nitrogen and oxygen atoms in total. The number of amides is 1. The van der Waals surface area contributed by atoms with Crippen LogP contribution < -0.4 is 5.32 Å². The van der Waals surface area contributed by atoms with Crippen LogP contribution in [0, 0.1) is 19.8 Å². The summed E-state index contributed by atoms with van der Waals surface area (Å²) >= 11 is 0. The molecule has 0 radical (unpaired) electrons. The first-order chi connectivity index (χ1) is 10.5. The van der Waals surface area contributed by atoms with Gasteiger partial charge in [-0.05, 0) is 49.8 Å². The lowest BCUT2D eigenvalue weighted by molar-refractivity contribution is -0.122. The Morgan fingerprint density at radius 2 is 1.82 bits per heavy atom. The summed E-state index contributed by atoms with van der Waals surface area (Å²) in [6.45, 7) is 6.23. The van der Waals surface area contributed by atoms with Crippen molar-refractivity contribution in [2.45, 2.75) is 65.3 Å². The van der Waals surface area contributed by atoms with E-state index < -0.39 is 0 Å². The fraction of sp³-hybridized carbons (Fsp3) is 0.579. The standard InChI is InChI=1S/C19H27NO2/c1-13-8-9-16(12-15(13)3)18(21)10-11-19(22)20-17-7-5-4-6-14(17)2/h8-9,12,14,17H,4-7,10-11H2,1-3H3,(H,20,22). The van der Waals surface area contributed by atoms with Gasteiger partial charge in [0.1, 0.15) is 0 Å². The molecule has 0 bridgehead atoms. The molecule has 0 saturated heterocycles. The monoisotopic (exact) mass is 301 g/mol. The maximum absolute atomic E-state index is 12.2. The van der Waals surface area contributed by atoms with E-state index in [1.807, 2.05) is 32.0 Å². The van der Waals surface area contributed by atoms with E-state index in [1.54, 1.807) is 0 Å². The molecule has 1 saturated carbocycles. The van der Waals surface area contributed by atoms with Crippen molar-refractivity contribution in [2.24, 2.45) is 5.92 Å². The number of benzene rings is 1. The van der Waals surface area contributed by atoms with Gasteiger partial charge in [-0.25, -0.2) is 0 Å². The smallest absolute Gasteiger partial charge is 0.220 e. The van der Waals surface area contributed by atoms with E-state index >= 15 is 0 Å². The van der Waals surface area contributed by atoms with Gasteiger partial charge in [-0.1, -0.05) is 31.9 Å². The molecular formula is C19H27NO2. The van der Waals surface area contributed by atoms with Crippen molar-refractivity contribution in [3.8, 4) is 0 Å². The van der Waals surface area contributed by atoms with Crippen LogP contribution in [0.3, 0.4) is 0 Å². The molecule has 0 aliphatic heterocycles. The fourth-order valence-electron chi connectivity index (χ4n) is 3.10. The van der Waals surface area contributed by atoms with E-state index in [0.717, 1.165) is 12.0 Å². The summed E-state index contributed by atoms with van der Waals surface area (Å²) in [5.41, 5.74) is 3.01. The van der Waals surface area contributed by atoms with Gasteiger partial charge in [0.2, 0.25) is 5.91 Å². The zero-order valence-corrected chi connectivity index (χ0v) is 13.9. The first kappa shape index (κ1) is 16.7. The Bertz CT molecular complexity index is 550. The highest BCUT2D eigenvalue weighted by atomic mass is 16.2. The lowest BCUT2D eigenvalue weighted by Crippen LogP contribution is -2.41. The number of aryl methyl sites for hydroxylation is 2. The summed E-state index contributed by atoms with van der Waals surface area (Å²) in [7, 11) is 0. The van der Waals surface area contributed by atoms with Crippen molar-refractivity contribution in [3.63, 3.8) is 0 Å². The molecule has 0 spiro atoms. The van der Waals surface area contributed by atoms with E-state index in [-0.39, 0.29) is 30.6 Å². The minimum atomic E-state index is 0.0101. The van der Waals surface area contributed by atoms with Gasteiger partial charge < -0.3 is 5.32 Å². The van der Waals surface area contributed by atoms with E-state index in [0.29, 0.717) is 11.5 Å². The Hall–Kier alpha value is -1.64. The number of rotatable bonds is 5. The zero-order chi connectivity index (χ0) is 16.1. The predicted molar refractivity (Wildman–Crippen MR) is 89.0 cm³/mol. The third-order valence-corrected chi connectivity index (χ3v) is 4.87. The Kier molecular flexibility index (Phi) is 5.76. The molecule has 120 valence electrons. The Balaban J connectivity index is 1.82. The Morgan fingerprint density at radius 1 is 1.09 bits per heavy atom. The molecule has 1 aliphatic carbocycles. The molecule has 1 aromatic rings. The molecule has 2 atom stereocenters. The van der Waals surface area contributed by atoms with Gasteiger partial charge in [-0.15, -0.1) is 0 Å². The zero-order valence-electron chi connectivity index (χ0n) is 13.9. The van der Waals surface area contributed by atoms with Gasteiger partial charge in [0, 0.05) is 24.4 Å². The second-order valence-corrected chi connectivity index (χ2v) is 6.66. The number of hydrogen-bond donors (Lipinski definition) is 1. The molecule has 0 heterocycles. The van der Waals surface area contributed by atoms with E-state index in [2.05, 4.69) is 12.2 Å². The highest BCUT2D eigenvalue weighted by Crippen LogP contribution is 2.23. The molecule has 1 N–H and O–H groups in total. The van der Waals surface area contributed by atoms with Gasteiger partial charge >= 0.3 is 0 Å². The number of carbonyl (C=O) groups is 2. The predicted octanol–water partition coefficient (Wildman–Crippen LogP) is 3.96. The fourth-order valence-corrected chi connectivity index (χ4v) is 3.10. The van der Waals surface area contributed by atoms with Crippen molar-refractivity contribution < 1.29 is 9.59 Å². The molecule has 1 fully saturated rings. The van der Waals surface area contributed by atoms with Crippen LogP contribution in [-0.2, 0) is 4.79 Å². The highest BCUT2D eigenvalue weighted by molar-refractivity contribution is 5.98. The number of ketones is 1. The third kappa shape index (κ3) is 4.43. The van der Waals surface area contributed by atoms with Crippen LogP contribution in [0.25, 0.3) is 0 Å². The number of carbonyl (C=O) groups excluding carboxylic acids is 2. The second-order valence-electron chi connectivity index (χ2n) is 6.66. The van der Waals surface area contributed by atoms with Gasteiger partial charge in [0.25, 0.3) is 0 Å². The van der Waals surface area contributed by atoms with Gasteiger partial charge in [-0.2, -0.15) is 0 Å². The lowest BCUT2D eigenvalue weighted by atomic mass is 9.86. The average molecular weight is 301 g/mol. The minimum Gasteiger partial charge on any atom is -0.353 e. The SMILES string of the molecule is Cc1ccc(C(=O)CCC(=O)NC2CCCCC2C)cc1C. The molecule has 22 heavy (non-hydrogen) atoms. The average Bonchev–Trinajstić information content (AvgIpc) is 2.50. The van der Waals surface area contributed by atoms with E-state index in [4.69, 9.17) is 0 Å². The van der Waals surface area contributed by atoms with Crippen molar-refractivity contribution in [2.75, 3.05) is 0 Å². The van der Waals surface area contributed by atoms with E-state index in [1.165, 1.54) is 24.8 Å². The van der Waals surface area contributed by atoms with Gasteiger partial charge in [-0.3, -0.25) is 9.59 Å². The second kappa shape index (κ2) is 7.57. The van der Waals surface area contributed by atoms with Crippen LogP contribution in [0.2, 0.25) is 0 Å². The molecule has 1 aromatic carbocycles. The normalized spacial score (nSPS) is 21.4. The molecule has 2 rings (SSSR count). The summed E-state index contributed by atoms with van der Waals surface area (Å²) in [5, 5.41) is 3.10. The third-order valence-electron chi connectivity index (χ3n) is 4.87. The van der Waals surface area contributed by atoms with Crippen LogP contribution in [0.4, 0.5) is 0 Å². The number of hydrogen-bond acceptors (Lipinski definition) is 2. The molecule has 1 amide bonds. The Morgan fingerprint density at radius 3 is 2.50 bits per heavy atom. The molecule has 1 aliphatic rings. The first-order valence-corrected chi connectivity index (χ1v) is 8.37. The summed E-state index contributed by atoms with van der Waals surface area (Å²) in [6.07, 6.45) is 5.28. The quantitative estimate of drug-likeness (QED) is 0.837. The summed E-state index contributed by atoms with van der Waals surface area (Å²) < 4.78 is 0. The van der Waals surface area contributed by atoms with Crippen molar-refractivity contribution in [1.29, 1.82) is 0 Å². The number of Topliss-reactive ketones (excluding diaryl/α,β-unsaturated/α-hetero) is 1. The minimum absolute atomic E-state index is 0.0101. The molecule has 3 heteroatoms. The molecular weight excluding hydrogens is 274 g/mol. The number of nitrogens with one attached hydrogen (secondary N) is 1. The highest BCUT2D eigenvalue weighted by Gasteiger charge is 2.22. The van der Waals surface area contributed by atoms with Gasteiger partial charge in [0.05, 0.1) is 0 Å². The maximum atomic E-state index is 12.2. The molecule has 2 unspecified atom stereocenters. The van der Waals surface area contributed by atoms with E-state index in [9.17, 15) is 9.59 Å². The van der Waals surface area contributed by atoms with Crippen molar-refractivity contribution in [3.05, 3.63) is 34.9 Å². The van der Waals surface area contributed by atoms with Crippen molar-refractivity contribution >= 4 is 11.7 Å². The lowest BCUT2D eigenvalue weighted by Gasteiger charge is -2.29. The van der Waals surface area contributed by atoms with Crippen LogP contribution in [0.1, 0.15) is 66.9 Å². The Labute approximate surface area is 133 Å². The molecule has 0 aromatic heterocycles. The van der Waals surface area contributed by atoms with Crippen LogP contribution in [0.5, 0.6) is 0 Å². The van der Waals surface area contributed by atoms with Crippen molar-refractivity contribution in [1.82, 2.24) is 5.32 Å². The first-order valence-electron chi connectivity index (χ1n) is 8.37. The summed E-state index contributed by atoms with van der Waals surface area (Å²) in [6, 6.07) is 6.02. The largest absolute Gasteiger partial charge is 0.353 e. The van der Waals surface area contributed by atoms with Crippen LogP contribution >= 0.6 is 0 Å². The van der Waals surface area contributed by atoms with Gasteiger partial charge in [0.15, 0.2) is 5.78 Å². The summed E-state index contributed by atoms with van der Waals surface area (Å²) in [5.74, 6) is 0.610. The maximum Gasteiger partial charge on any atom is 0.220 e.